The molecule has 19 heavy (non-hydrogen) atoms. The van der Waals surface area contributed by atoms with Crippen LogP contribution in [0.5, 0.6) is 0 Å². The SMILES string of the molecule is Clc1c2c(nc3ccccc13)-c1ccccc1SC2. The van der Waals surface area contributed by atoms with E-state index in [0.717, 1.165) is 32.9 Å². The van der Waals surface area contributed by atoms with Gasteiger partial charge >= 0.3 is 0 Å². The molecule has 1 aliphatic rings. The molecule has 0 aliphatic carbocycles. The molecule has 0 bridgehead atoms. The van der Waals surface area contributed by atoms with Gasteiger partial charge in [-0.15, -0.1) is 11.8 Å². The van der Waals surface area contributed by atoms with E-state index in [9.17, 15) is 0 Å². The number of hydrogen-bond donors (Lipinski definition) is 0. The zero-order valence-electron chi connectivity index (χ0n) is 10.1. The Hall–Kier alpha value is -1.51. The fourth-order valence-electron chi connectivity index (χ4n) is 2.50. The molecule has 0 unspecified atom stereocenters. The molecular formula is C16H10ClNS. The number of para-hydroxylation sites is 1. The Bertz CT molecular complexity index is 798. The summed E-state index contributed by atoms with van der Waals surface area (Å²) in [6.45, 7) is 0. The molecule has 0 N–H and O–H groups in total. The Kier molecular flexibility index (Phi) is 2.54. The lowest BCUT2D eigenvalue weighted by molar-refractivity contribution is 1.25. The van der Waals surface area contributed by atoms with Gasteiger partial charge in [-0.05, 0) is 12.1 Å². The Morgan fingerprint density at radius 3 is 2.74 bits per heavy atom. The summed E-state index contributed by atoms with van der Waals surface area (Å²) in [5.41, 5.74) is 4.36. The molecule has 1 aliphatic heterocycles. The summed E-state index contributed by atoms with van der Waals surface area (Å²) in [6, 6.07) is 16.5. The van der Waals surface area contributed by atoms with Crippen molar-refractivity contribution in [2.24, 2.45) is 0 Å². The maximum atomic E-state index is 6.57. The molecule has 4 rings (SSSR count). The first kappa shape index (κ1) is 11.3. The van der Waals surface area contributed by atoms with E-state index in [1.807, 2.05) is 36.0 Å². The van der Waals surface area contributed by atoms with Crippen molar-refractivity contribution in [2.75, 3.05) is 0 Å². The van der Waals surface area contributed by atoms with Gasteiger partial charge in [-0.2, -0.15) is 0 Å². The van der Waals surface area contributed by atoms with E-state index in [0.29, 0.717) is 0 Å². The third-order valence-corrected chi connectivity index (χ3v) is 4.97. The Morgan fingerprint density at radius 2 is 1.79 bits per heavy atom. The Labute approximate surface area is 120 Å². The first-order valence-corrected chi connectivity index (χ1v) is 7.50. The first-order chi connectivity index (χ1) is 9.34. The predicted molar refractivity (Wildman–Crippen MR) is 81.8 cm³/mol. The normalized spacial score (nSPS) is 13.1. The number of pyridine rings is 1. The van der Waals surface area contributed by atoms with E-state index in [-0.39, 0.29) is 0 Å². The average molecular weight is 284 g/mol. The Morgan fingerprint density at radius 1 is 1.00 bits per heavy atom. The summed E-state index contributed by atoms with van der Waals surface area (Å²) in [7, 11) is 0. The van der Waals surface area contributed by atoms with E-state index in [1.165, 1.54) is 10.5 Å². The van der Waals surface area contributed by atoms with Gasteiger partial charge in [0.25, 0.3) is 0 Å². The molecular weight excluding hydrogens is 274 g/mol. The quantitative estimate of drug-likeness (QED) is 0.565. The van der Waals surface area contributed by atoms with Gasteiger partial charge in [-0.1, -0.05) is 48.0 Å². The summed E-state index contributed by atoms with van der Waals surface area (Å²) in [5.74, 6) is 0.892. The number of nitrogens with zero attached hydrogens (tertiary/aromatic N) is 1. The van der Waals surface area contributed by atoms with Crippen molar-refractivity contribution in [1.82, 2.24) is 4.98 Å². The van der Waals surface area contributed by atoms with Gasteiger partial charge in [0.15, 0.2) is 0 Å². The van der Waals surface area contributed by atoms with Crippen LogP contribution in [0.1, 0.15) is 5.56 Å². The smallest absolute Gasteiger partial charge is 0.0776 e. The van der Waals surface area contributed by atoms with Crippen molar-refractivity contribution in [3.05, 3.63) is 59.1 Å². The number of benzene rings is 2. The van der Waals surface area contributed by atoms with E-state index < -0.39 is 0 Å². The third-order valence-electron chi connectivity index (χ3n) is 3.44. The van der Waals surface area contributed by atoms with Gasteiger partial charge in [0, 0.05) is 27.2 Å². The molecule has 0 saturated heterocycles. The molecule has 3 heteroatoms. The highest BCUT2D eigenvalue weighted by Gasteiger charge is 2.21. The van der Waals surface area contributed by atoms with Gasteiger partial charge in [0.2, 0.25) is 0 Å². The standard InChI is InChI=1S/C16H10ClNS/c17-15-10-5-1-3-7-13(10)18-16-11-6-2-4-8-14(11)19-9-12(15)16/h1-8H,9H2. The topological polar surface area (TPSA) is 12.9 Å². The highest BCUT2D eigenvalue weighted by Crippen LogP contribution is 2.44. The fraction of sp³-hybridized carbons (Fsp3) is 0.0625. The summed E-state index contributed by atoms with van der Waals surface area (Å²) < 4.78 is 0. The number of halogens is 1. The molecule has 1 aromatic heterocycles. The van der Waals surface area contributed by atoms with Crippen LogP contribution in [0.3, 0.4) is 0 Å². The second-order valence-corrected chi connectivity index (χ2v) is 5.95. The number of thioether (sulfide) groups is 1. The molecule has 0 radical (unpaired) electrons. The van der Waals surface area contributed by atoms with E-state index in [1.54, 1.807) is 0 Å². The molecule has 2 heterocycles. The van der Waals surface area contributed by atoms with E-state index in [2.05, 4.69) is 24.3 Å². The van der Waals surface area contributed by atoms with E-state index >= 15 is 0 Å². The highest BCUT2D eigenvalue weighted by molar-refractivity contribution is 7.98. The van der Waals surface area contributed by atoms with Crippen LogP contribution in [0.2, 0.25) is 5.02 Å². The maximum Gasteiger partial charge on any atom is 0.0776 e. The van der Waals surface area contributed by atoms with Crippen LogP contribution in [0.25, 0.3) is 22.2 Å². The summed E-state index contributed by atoms with van der Waals surface area (Å²) >= 11 is 8.40. The monoisotopic (exact) mass is 283 g/mol. The predicted octanol–water partition coefficient (Wildman–Crippen LogP) is 5.16. The van der Waals surface area contributed by atoms with Crippen LogP contribution in [0, 0.1) is 0 Å². The first-order valence-electron chi connectivity index (χ1n) is 6.14. The second-order valence-electron chi connectivity index (χ2n) is 4.55. The van der Waals surface area contributed by atoms with Gasteiger partial charge < -0.3 is 0 Å². The van der Waals surface area contributed by atoms with Crippen LogP contribution in [0.4, 0.5) is 0 Å². The fourth-order valence-corrected chi connectivity index (χ4v) is 3.98. The highest BCUT2D eigenvalue weighted by atomic mass is 35.5. The van der Waals surface area contributed by atoms with Gasteiger partial charge in [0.1, 0.15) is 0 Å². The van der Waals surface area contributed by atoms with Gasteiger partial charge in [-0.25, -0.2) is 4.98 Å². The number of rotatable bonds is 0. The van der Waals surface area contributed by atoms with Crippen LogP contribution >= 0.6 is 23.4 Å². The minimum Gasteiger partial charge on any atom is -0.247 e. The third kappa shape index (κ3) is 1.67. The molecule has 0 spiro atoms. The van der Waals surface area contributed by atoms with Gasteiger partial charge in [-0.3, -0.25) is 0 Å². The molecule has 0 saturated carbocycles. The van der Waals surface area contributed by atoms with Crippen molar-refractivity contribution in [2.45, 2.75) is 10.6 Å². The van der Waals surface area contributed by atoms with Crippen molar-refractivity contribution < 1.29 is 0 Å². The van der Waals surface area contributed by atoms with Crippen LogP contribution in [0.15, 0.2) is 53.4 Å². The van der Waals surface area contributed by atoms with Crippen molar-refractivity contribution >= 4 is 34.3 Å². The molecule has 2 aromatic carbocycles. The van der Waals surface area contributed by atoms with Crippen molar-refractivity contribution in [3.8, 4) is 11.3 Å². The zero-order valence-corrected chi connectivity index (χ0v) is 11.6. The van der Waals surface area contributed by atoms with Gasteiger partial charge in [0.05, 0.1) is 16.2 Å². The molecule has 1 nitrogen and oxygen atoms in total. The lowest BCUT2D eigenvalue weighted by atomic mass is 10.0. The summed E-state index contributed by atoms with van der Waals surface area (Å²) in [6.07, 6.45) is 0. The maximum absolute atomic E-state index is 6.57. The van der Waals surface area contributed by atoms with Crippen LogP contribution in [-0.2, 0) is 5.75 Å². The molecule has 3 aromatic rings. The molecule has 0 atom stereocenters. The average Bonchev–Trinajstić information content (AvgIpc) is 2.47. The summed E-state index contributed by atoms with van der Waals surface area (Å²) in [5, 5.41) is 1.89. The molecule has 0 fully saturated rings. The van der Waals surface area contributed by atoms with Crippen LogP contribution < -0.4 is 0 Å². The van der Waals surface area contributed by atoms with Crippen LogP contribution in [-0.4, -0.2) is 4.98 Å². The Balaban J connectivity index is 2.11. The molecule has 92 valence electrons. The lowest BCUT2D eigenvalue weighted by Crippen LogP contribution is -2.00. The molecule has 0 amide bonds. The number of fused-ring (bicyclic) bond motifs is 4. The van der Waals surface area contributed by atoms with Crippen molar-refractivity contribution in [3.63, 3.8) is 0 Å². The van der Waals surface area contributed by atoms with Crippen molar-refractivity contribution in [1.29, 1.82) is 0 Å². The lowest BCUT2D eigenvalue weighted by Gasteiger charge is -2.20. The number of hydrogen-bond acceptors (Lipinski definition) is 2. The second kappa shape index (κ2) is 4.26. The minimum atomic E-state index is 0.850. The zero-order chi connectivity index (χ0) is 12.8. The van der Waals surface area contributed by atoms with E-state index in [4.69, 9.17) is 16.6 Å². The number of aromatic nitrogens is 1. The minimum absolute atomic E-state index is 0.850. The summed E-state index contributed by atoms with van der Waals surface area (Å²) in [4.78, 5) is 6.11. The largest absolute Gasteiger partial charge is 0.247 e.